The molecule has 0 fully saturated rings. The Labute approximate surface area is 152 Å². The highest BCUT2D eigenvalue weighted by Gasteiger charge is 2.10. The first-order valence-electron chi connectivity index (χ1n) is 11.0. The summed E-state index contributed by atoms with van der Waals surface area (Å²) in [5, 5.41) is 0. The van der Waals surface area contributed by atoms with Gasteiger partial charge in [0, 0.05) is 25.5 Å². The van der Waals surface area contributed by atoms with E-state index in [9.17, 15) is 0 Å². The standard InChI is InChI=1S/C22H44N2/c1-3-5-7-8-9-10-11-12-13-14-15-17-19-24-21-20-23(22-24)18-16-6-4-2/h20-21H,3-19,22H2,1-2H3. The lowest BCUT2D eigenvalue weighted by atomic mass is 10.1. The van der Waals surface area contributed by atoms with Gasteiger partial charge in [0.05, 0.1) is 6.67 Å². The van der Waals surface area contributed by atoms with E-state index in [-0.39, 0.29) is 0 Å². The molecule has 2 nitrogen and oxygen atoms in total. The van der Waals surface area contributed by atoms with Gasteiger partial charge in [-0.05, 0) is 12.8 Å². The number of unbranched alkanes of at least 4 members (excludes halogenated alkanes) is 13. The predicted molar refractivity (Wildman–Crippen MR) is 108 cm³/mol. The summed E-state index contributed by atoms with van der Waals surface area (Å²) in [7, 11) is 0. The highest BCUT2D eigenvalue weighted by Crippen LogP contribution is 2.13. The molecule has 0 saturated heterocycles. The van der Waals surface area contributed by atoms with Crippen LogP contribution in [0.3, 0.4) is 0 Å². The van der Waals surface area contributed by atoms with Crippen molar-refractivity contribution in [2.24, 2.45) is 0 Å². The third-order valence-corrected chi connectivity index (χ3v) is 5.20. The van der Waals surface area contributed by atoms with Crippen molar-refractivity contribution < 1.29 is 0 Å². The van der Waals surface area contributed by atoms with Crippen molar-refractivity contribution in [2.45, 2.75) is 110 Å². The van der Waals surface area contributed by atoms with Crippen LogP contribution in [0.25, 0.3) is 0 Å². The van der Waals surface area contributed by atoms with E-state index < -0.39 is 0 Å². The highest BCUT2D eigenvalue weighted by molar-refractivity contribution is 4.90. The van der Waals surface area contributed by atoms with E-state index in [1.165, 1.54) is 109 Å². The first kappa shape index (κ1) is 21.4. The Morgan fingerprint density at radius 3 is 1.29 bits per heavy atom. The topological polar surface area (TPSA) is 6.48 Å². The Kier molecular flexibility index (Phi) is 14.1. The monoisotopic (exact) mass is 336 g/mol. The van der Waals surface area contributed by atoms with Crippen molar-refractivity contribution in [3.8, 4) is 0 Å². The van der Waals surface area contributed by atoms with Gasteiger partial charge >= 0.3 is 0 Å². The quantitative estimate of drug-likeness (QED) is 0.266. The molecule has 1 rings (SSSR count). The third-order valence-electron chi connectivity index (χ3n) is 5.20. The fourth-order valence-corrected chi connectivity index (χ4v) is 3.53. The summed E-state index contributed by atoms with van der Waals surface area (Å²) >= 11 is 0. The van der Waals surface area contributed by atoms with Crippen LogP contribution in [0.5, 0.6) is 0 Å². The molecule has 0 amide bonds. The molecule has 142 valence electrons. The molecule has 0 aromatic rings. The summed E-state index contributed by atoms with van der Waals surface area (Å²) < 4.78 is 0. The Bertz CT molecular complexity index is 288. The lowest BCUT2D eigenvalue weighted by molar-refractivity contribution is 0.257. The second-order valence-electron chi connectivity index (χ2n) is 7.66. The number of hydrogen-bond donors (Lipinski definition) is 0. The minimum atomic E-state index is 1.13. The molecule has 0 aromatic heterocycles. The molecule has 24 heavy (non-hydrogen) atoms. The fourth-order valence-electron chi connectivity index (χ4n) is 3.53. The summed E-state index contributed by atoms with van der Waals surface area (Å²) in [6, 6.07) is 0. The van der Waals surface area contributed by atoms with Gasteiger partial charge in [-0.1, -0.05) is 97.3 Å². The fraction of sp³-hybridized carbons (Fsp3) is 0.909. The molecular weight excluding hydrogens is 292 g/mol. The van der Waals surface area contributed by atoms with Crippen molar-refractivity contribution >= 4 is 0 Å². The van der Waals surface area contributed by atoms with Crippen molar-refractivity contribution in [1.29, 1.82) is 0 Å². The van der Waals surface area contributed by atoms with Gasteiger partial charge in [0.15, 0.2) is 0 Å². The Balaban J connectivity index is 1.79. The van der Waals surface area contributed by atoms with Gasteiger partial charge < -0.3 is 9.80 Å². The van der Waals surface area contributed by atoms with E-state index >= 15 is 0 Å². The van der Waals surface area contributed by atoms with Crippen molar-refractivity contribution in [1.82, 2.24) is 9.80 Å². The number of rotatable bonds is 17. The predicted octanol–water partition coefficient (Wildman–Crippen LogP) is 6.92. The van der Waals surface area contributed by atoms with Gasteiger partial charge in [0.1, 0.15) is 0 Å². The Morgan fingerprint density at radius 2 is 0.833 bits per heavy atom. The zero-order valence-electron chi connectivity index (χ0n) is 16.8. The second kappa shape index (κ2) is 15.8. The summed E-state index contributed by atoms with van der Waals surface area (Å²) in [6.07, 6.45) is 25.9. The molecular formula is C22H44N2. The first-order valence-corrected chi connectivity index (χ1v) is 11.0. The summed E-state index contributed by atoms with van der Waals surface area (Å²) in [5.41, 5.74) is 0. The van der Waals surface area contributed by atoms with Crippen LogP contribution in [0, 0.1) is 0 Å². The summed E-state index contributed by atoms with van der Waals surface area (Å²) in [4.78, 5) is 4.96. The van der Waals surface area contributed by atoms with Gasteiger partial charge in [0.2, 0.25) is 0 Å². The van der Waals surface area contributed by atoms with Gasteiger partial charge in [0.25, 0.3) is 0 Å². The second-order valence-corrected chi connectivity index (χ2v) is 7.66. The van der Waals surface area contributed by atoms with Crippen LogP contribution >= 0.6 is 0 Å². The van der Waals surface area contributed by atoms with E-state index in [1.54, 1.807) is 0 Å². The van der Waals surface area contributed by atoms with Crippen LogP contribution in [0.1, 0.15) is 110 Å². The first-order chi connectivity index (χ1) is 11.9. The van der Waals surface area contributed by atoms with Crippen LogP contribution in [0.2, 0.25) is 0 Å². The molecule has 0 aromatic carbocycles. The minimum absolute atomic E-state index is 1.13. The number of hydrogen-bond acceptors (Lipinski definition) is 2. The SMILES string of the molecule is CCCCCCCCCCCCCCN1C=CN(CCCCC)C1. The van der Waals surface area contributed by atoms with Crippen molar-refractivity contribution in [3.63, 3.8) is 0 Å². The molecule has 0 radical (unpaired) electrons. The van der Waals surface area contributed by atoms with E-state index in [1.807, 2.05) is 0 Å². The molecule has 0 unspecified atom stereocenters. The Morgan fingerprint density at radius 1 is 0.500 bits per heavy atom. The largest absolute Gasteiger partial charge is 0.359 e. The van der Waals surface area contributed by atoms with Crippen LogP contribution in [0.4, 0.5) is 0 Å². The molecule has 1 aliphatic rings. The van der Waals surface area contributed by atoms with Gasteiger partial charge in [-0.3, -0.25) is 0 Å². The van der Waals surface area contributed by atoms with Crippen LogP contribution in [-0.2, 0) is 0 Å². The van der Waals surface area contributed by atoms with Crippen molar-refractivity contribution in [3.05, 3.63) is 12.4 Å². The van der Waals surface area contributed by atoms with Crippen LogP contribution < -0.4 is 0 Å². The lowest BCUT2D eigenvalue weighted by Gasteiger charge is -2.21. The molecule has 1 aliphatic heterocycles. The smallest absolute Gasteiger partial charge is 0.0893 e. The van der Waals surface area contributed by atoms with Gasteiger partial charge in [-0.25, -0.2) is 0 Å². The van der Waals surface area contributed by atoms with Gasteiger partial charge in [-0.15, -0.1) is 0 Å². The molecule has 1 heterocycles. The summed E-state index contributed by atoms with van der Waals surface area (Å²) in [6.45, 7) is 8.18. The molecule has 0 saturated carbocycles. The van der Waals surface area contributed by atoms with E-state index in [2.05, 4.69) is 36.0 Å². The Hall–Kier alpha value is -0.660. The van der Waals surface area contributed by atoms with Gasteiger partial charge in [-0.2, -0.15) is 0 Å². The molecule has 0 N–H and O–H groups in total. The average Bonchev–Trinajstić information content (AvgIpc) is 3.04. The molecule has 0 bridgehead atoms. The zero-order chi connectivity index (χ0) is 17.3. The maximum atomic E-state index is 2.49. The van der Waals surface area contributed by atoms with E-state index in [0.717, 1.165) is 6.67 Å². The average molecular weight is 337 g/mol. The lowest BCUT2D eigenvalue weighted by Crippen LogP contribution is -2.26. The number of nitrogens with zero attached hydrogens (tertiary/aromatic N) is 2. The van der Waals surface area contributed by atoms with E-state index in [4.69, 9.17) is 0 Å². The van der Waals surface area contributed by atoms with Crippen LogP contribution in [0.15, 0.2) is 12.4 Å². The maximum absolute atomic E-state index is 2.49. The highest BCUT2D eigenvalue weighted by atomic mass is 15.3. The normalized spacial score (nSPS) is 14.1. The molecule has 0 spiro atoms. The van der Waals surface area contributed by atoms with E-state index in [0.29, 0.717) is 0 Å². The molecule has 2 heteroatoms. The minimum Gasteiger partial charge on any atom is -0.359 e. The zero-order valence-corrected chi connectivity index (χ0v) is 16.8. The van der Waals surface area contributed by atoms with Crippen LogP contribution in [-0.4, -0.2) is 29.6 Å². The molecule has 0 atom stereocenters. The molecule has 0 aliphatic carbocycles. The third kappa shape index (κ3) is 11.8. The maximum Gasteiger partial charge on any atom is 0.0893 e. The summed E-state index contributed by atoms with van der Waals surface area (Å²) in [5.74, 6) is 0. The van der Waals surface area contributed by atoms with Crippen molar-refractivity contribution in [2.75, 3.05) is 19.8 Å².